The molecule has 0 aliphatic heterocycles. The highest BCUT2D eigenvalue weighted by Crippen LogP contribution is 2.25. The Morgan fingerprint density at radius 3 is 2.59 bits per heavy atom. The van der Waals surface area contributed by atoms with Crippen LogP contribution in [-0.2, 0) is 0 Å². The van der Waals surface area contributed by atoms with Gasteiger partial charge in [0.2, 0.25) is 0 Å². The summed E-state index contributed by atoms with van der Waals surface area (Å²) in [6.07, 6.45) is 3.19. The van der Waals surface area contributed by atoms with Gasteiger partial charge in [-0.05, 0) is 70.5 Å². The van der Waals surface area contributed by atoms with Gasteiger partial charge in [-0.1, -0.05) is 36.4 Å². The van der Waals surface area contributed by atoms with Gasteiger partial charge in [-0.2, -0.15) is 0 Å². The van der Waals surface area contributed by atoms with Crippen LogP contribution >= 0.6 is 22.6 Å². The maximum atomic E-state index is 13.6. The van der Waals surface area contributed by atoms with Crippen LogP contribution in [0, 0.1) is 13.7 Å². The van der Waals surface area contributed by atoms with Crippen molar-refractivity contribution in [1.82, 2.24) is 9.55 Å². The zero-order valence-electron chi connectivity index (χ0n) is 16.4. The van der Waals surface area contributed by atoms with Crippen LogP contribution in [0.5, 0.6) is 0 Å². The van der Waals surface area contributed by atoms with E-state index in [2.05, 4.69) is 22.6 Å². The Morgan fingerprint density at radius 2 is 1.78 bits per heavy atom. The number of hydrogen-bond acceptors (Lipinski definition) is 5. The van der Waals surface area contributed by atoms with Gasteiger partial charge in [0.15, 0.2) is 0 Å². The molecule has 156 valence electrons. The van der Waals surface area contributed by atoms with E-state index in [1.165, 1.54) is 12.1 Å². The molecule has 0 aliphatic rings. The van der Waals surface area contributed by atoms with Crippen LogP contribution in [0.15, 0.2) is 82.0 Å². The number of rotatable bonds is 4. The molecule has 0 atom stereocenters. The molecule has 8 heteroatoms. The predicted octanol–water partition coefficient (Wildman–Crippen LogP) is 5.82. The molecule has 0 radical (unpaired) electrons. The third-order valence-corrected chi connectivity index (χ3v) is 5.72. The van der Waals surface area contributed by atoms with Crippen LogP contribution in [0.3, 0.4) is 0 Å². The zero-order chi connectivity index (χ0) is 22.2. The van der Waals surface area contributed by atoms with Gasteiger partial charge in [0.05, 0.1) is 22.7 Å². The molecule has 0 bridgehead atoms. The molecule has 2 aromatic heterocycles. The minimum Gasteiger partial charge on any atom is -0.401 e. The first-order valence-corrected chi connectivity index (χ1v) is 10.7. The van der Waals surface area contributed by atoms with Gasteiger partial charge < -0.3 is 4.42 Å². The molecule has 0 saturated carbocycles. The SMILES string of the molecule is O=c1c2cc(I)ccc2nc(C=Cc2ccc([N+](=O)[O-])o2)n1-c1cccc2ccccc12. The number of nitro groups is 1. The number of hydrogen-bond donors (Lipinski definition) is 0. The Hall–Kier alpha value is -3.79. The maximum Gasteiger partial charge on any atom is 0.433 e. The van der Waals surface area contributed by atoms with Crippen molar-refractivity contribution in [3.63, 3.8) is 0 Å². The standard InChI is InChI=1S/C24H14IN3O4/c25-16-8-11-20-19(14-16)24(29)27(21-7-3-5-15-4-1-2-6-18(15)21)22(26-20)12-9-17-10-13-23(32-17)28(30)31/h1-14H. The second kappa shape index (κ2) is 8.04. The van der Waals surface area contributed by atoms with Crippen LogP contribution in [0.25, 0.3) is 39.5 Å². The van der Waals surface area contributed by atoms with Crippen molar-refractivity contribution in [3.8, 4) is 5.69 Å². The highest BCUT2D eigenvalue weighted by molar-refractivity contribution is 14.1. The summed E-state index contributed by atoms with van der Waals surface area (Å²) in [5.41, 5.74) is 1.07. The van der Waals surface area contributed by atoms with E-state index >= 15 is 0 Å². The van der Waals surface area contributed by atoms with E-state index in [0.29, 0.717) is 22.4 Å². The van der Waals surface area contributed by atoms with E-state index in [4.69, 9.17) is 9.40 Å². The van der Waals surface area contributed by atoms with Crippen LogP contribution in [0.1, 0.15) is 11.6 Å². The van der Waals surface area contributed by atoms with Crippen molar-refractivity contribution in [2.45, 2.75) is 0 Å². The fraction of sp³-hybridized carbons (Fsp3) is 0. The summed E-state index contributed by atoms with van der Waals surface area (Å²) in [5, 5.41) is 13.3. The van der Waals surface area contributed by atoms with Gasteiger partial charge in [-0.3, -0.25) is 19.5 Å². The molecule has 7 nitrogen and oxygen atoms in total. The number of fused-ring (bicyclic) bond motifs is 2. The Kier molecular flexibility index (Phi) is 5.06. The van der Waals surface area contributed by atoms with Crippen LogP contribution in [0.4, 0.5) is 5.88 Å². The Bertz CT molecular complexity index is 1600. The van der Waals surface area contributed by atoms with Gasteiger partial charge in [0.25, 0.3) is 5.56 Å². The minimum atomic E-state index is -0.598. The zero-order valence-corrected chi connectivity index (χ0v) is 18.6. The van der Waals surface area contributed by atoms with Gasteiger partial charge >= 0.3 is 5.88 Å². The summed E-state index contributed by atoms with van der Waals surface area (Å²) >= 11 is 2.17. The van der Waals surface area contributed by atoms with E-state index in [1.807, 2.05) is 54.6 Å². The lowest BCUT2D eigenvalue weighted by Gasteiger charge is -2.14. The predicted molar refractivity (Wildman–Crippen MR) is 132 cm³/mol. The molecular formula is C24H14IN3O4. The van der Waals surface area contributed by atoms with Crippen molar-refractivity contribution in [3.05, 3.63) is 108 Å². The second-order valence-electron chi connectivity index (χ2n) is 7.04. The average Bonchev–Trinajstić information content (AvgIpc) is 3.28. The highest BCUT2D eigenvalue weighted by atomic mass is 127. The monoisotopic (exact) mass is 535 g/mol. The van der Waals surface area contributed by atoms with Crippen molar-refractivity contribution < 1.29 is 9.34 Å². The molecule has 0 N–H and O–H groups in total. The molecule has 5 aromatic rings. The van der Waals surface area contributed by atoms with Crippen LogP contribution < -0.4 is 5.56 Å². The van der Waals surface area contributed by atoms with Crippen molar-refractivity contribution in [2.75, 3.05) is 0 Å². The summed E-state index contributed by atoms with van der Waals surface area (Å²) < 4.78 is 7.71. The Balaban J connectivity index is 1.78. The lowest BCUT2D eigenvalue weighted by atomic mass is 10.1. The molecule has 5 rings (SSSR count). The summed E-state index contributed by atoms with van der Waals surface area (Å²) in [6.45, 7) is 0. The molecular weight excluding hydrogens is 521 g/mol. The average molecular weight is 535 g/mol. The van der Waals surface area contributed by atoms with Gasteiger partial charge in [-0.25, -0.2) is 4.98 Å². The van der Waals surface area contributed by atoms with E-state index < -0.39 is 4.92 Å². The van der Waals surface area contributed by atoms with E-state index in [1.54, 1.807) is 22.8 Å². The van der Waals surface area contributed by atoms with Gasteiger partial charge in [0, 0.05) is 8.96 Å². The van der Waals surface area contributed by atoms with E-state index in [-0.39, 0.29) is 17.2 Å². The highest BCUT2D eigenvalue weighted by Gasteiger charge is 2.15. The fourth-order valence-corrected chi connectivity index (χ4v) is 4.10. The first kappa shape index (κ1) is 20.1. The Morgan fingerprint density at radius 1 is 0.969 bits per heavy atom. The molecule has 0 aliphatic carbocycles. The Labute approximate surface area is 194 Å². The van der Waals surface area contributed by atoms with Crippen molar-refractivity contribution in [2.24, 2.45) is 0 Å². The molecule has 0 unspecified atom stereocenters. The normalized spacial score (nSPS) is 11.5. The largest absolute Gasteiger partial charge is 0.433 e. The van der Waals surface area contributed by atoms with E-state index in [9.17, 15) is 14.9 Å². The quantitative estimate of drug-likeness (QED) is 0.165. The number of aromatic nitrogens is 2. The van der Waals surface area contributed by atoms with Crippen LogP contribution in [0.2, 0.25) is 0 Å². The van der Waals surface area contributed by atoms with E-state index in [0.717, 1.165) is 14.3 Å². The molecule has 0 spiro atoms. The summed E-state index contributed by atoms with van der Waals surface area (Å²) in [6, 6.07) is 21.9. The first-order chi connectivity index (χ1) is 15.5. The lowest BCUT2D eigenvalue weighted by molar-refractivity contribution is -0.402. The topological polar surface area (TPSA) is 91.2 Å². The third-order valence-electron chi connectivity index (χ3n) is 5.05. The summed E-state index contributed by atoms with van der Waals surface area (Å²) in [5.74, 6) is 0.328. The lowest BCUT2D eigenvalue weighted by Crippen LogP contribution is -2.22. The second-order valence-corrected chi connectivity index (χ2v) is 8.28. The minimum absolute atomic E-state index is 0.199. The van der Waals surface area contributed by atoms with Gasteiger partial charge in [0.1, 0.15) is 16.5 Å². The maximum absolute atomic E-state index is 13.6. The number of furan rings is 1. The molecule has 3 aromatic carbocycles. The fourth-order valence-electron chi connectivity index (χ4n) is 3.61. The molecule has 2 heterocycles. The number of halogens is 1. The summed E-state index contributed by atoms with van der Waals surface area (Å²) in [4.78, 5) is 28.6. The third kappa shape index (κ3) is 3.58. The van der Waals surface area contributed by atoms with Crippen molar-refractivity contribution in [1.29, 1.82) is 0 Å². The number of nitrogens with zero attached hydrogens (tertiary/aromatic N) is 3. The smallest absolute Gasteiger partial charge is 0.401 e. The van der Waals surface area contributed by atoms with Crippen LogP contribution in [-0.4, -0.2) is 14.5 Å². The molecule has 0 amide bonds. The summed E-state index contributed by atoms with van der Waals surface area (Å²) in [7, 11) is 0. The number of benzene rings is 3. The van der Waals surface area contributed by atoms with Crippen molar-refractivity contribution >= 4 is 62.3 Å². The van der Waals surface area contributed by atoms with Gasteiger partial charge in [-0.15, -0.1) is 0 Å². The molecule has 0 saturated heterocycles. The first-order valence-electron chi connectivity index (χ1n) is 9.64. The molecule has 0 fully saturated rings. The molecule has 32 heavy (non-hydrogen) atoms.